The molecule has 8 heteroatoms. The molecule has 0 bridgehead atoms. The summed E-state index contributed by atoms with van der Waals surface area (Å²) in [7, 11) is 4.20. The highest BCUT2D eigenvalue weighted by Gasteiger charge is 2.31. The van der Waals surface area contributed by atoms with Gasteiger partial charge in [0.1, 0.15) is 23.9 Å². The van der Waals surface area contributed by atoms with Gasteiger partial charge in [0.2, 0.25) is 0 Å². The smallest absolute Gasteiger partial charge is 0.198 e. The molecule has 0 saturated carbocycles. The number of ether oxygens (including phenoxy) is 3. The topological polar surface area (TPSA) is 116 Å². The van der Waals surface area contributed by atoms with Crippen molar-refractivity contribution >= 4 is 23.1 Å². The summed E-state index contributed by atoms with van der Waals surface area (Å²) in [6.45, 7) is -0.871. The van der Waals surface area contributed by atoms with Gasteiger partial charge in [0.05, 0.1) is 38.0 Å². The maximum absolute atomic E-state index is 14.2. The zero-order chi connectivity index (χ0) is 28.8. The fraction of sp³-hybridized carbons (Fsp3) is 0.125. The Bertz CT molecular complexity index is 1540. The van der Waals surface area contributed by atoms with Crippen molar-refractivity contribution in [3.63, 3.8) is 0 Å². The van der Waals surface area contributed by atoms with E-state index in [0.717, 1.165) is 0 Å². The fourth-order valence-electron chi connectivity index (χ4n) is 4.42. The Morgan fingerprint density at radius 1 is 0.550 bits per heavy atom. The summed E-state index contributed by atoms with van der Waals surface area (Å²) >= 11 is 0. The summed E-state index contributed by atoms with van der Waals surface area (Å²) in [5.74, 6) is -2.01. The second-order valence-electron chi connectivity index (χ2n) is 8.62. The number of benzene rings is 4. The SMILES string of the molecule is COc1ccccc1C(=O)c1cc(C(=O)CO)cc(C(=O)c2ccccc2OC)c1C(=O)c1ccccc1OC. The first kappa shape index (κ1) is 27.9. The molecule has 0 heterocycles. The molecule has 8 nitrogen and oxygen atoms in total. The van der Waals surface area contributed by atoms with Crippen molar-refractivity contribution < 1.29 is 38.5 Å². The van der Waals surface area contributed by atoms with E-state index in [9.17, 15) is 24.3 Å². The van der Waals surface area contributed by atoms with Gasteiger partial charge in [0, 0.05) is 22.3 Å². The molecule has 0 unspecified atom stereocenters. The van der Waals surface area contributed by atoms with Gasteiger partial charge in [-0.3, -0.25) is 19.2 Å². The van der Waals surface area contributed by atoms with Gasteiger partial charge >= 0.3 is 0 Å². The molecular formula is C32H26O8. The molecule has 0 aromatic heterocycles. The maximum atomic E-state index is 14.2. The lowest BCUT2D eigenvalue weighted by atomic mass is 9.84. The standard InChI is InChI=1S/C32H26O8/c1-38-26-13-7-4-10-20(26)30(35)23-16-19(25(34)18-33)17-24(31(36)21-11-5-8-14-27(21)39-2)29(23)32(37)22-12-6-9-15-28(22)40-3/h4-17,33H,18H2,1-3H3. The lowest BCUT2D eigenvalue weighted by Crippen LogP contribution is -2.20. The van der Waals surface area contributed by atoms with Crippen LogP contribution in [0.1, 0.15) is 58.1 Å². The normalized spacial score (nSPS) is 10.5. The average Bonchev–Trinajstić information content (AvgIpc) is 3.02. The minimum Gasteiger partial charge on any atom is -0.496 e. The van der Waals surface area contributed by atoms with Crippen LogP contribution < -0.4 is 14.2 Å². The van der Waals surface area contributed by atoms with E-state index in [4.69, 9.17) is 14.2 Å². The van der Waals surface area contributed by atoms with Crippen molar-refractivity contribution in [2.24, 2.45) is 0 Å². The second kappa shape index (κ2) is 12.2. The first-order valence-electron chi connectivity index (χ1n) is 12.2. The molecule has 0 radical (unpaired) electrons. The summed E-state index contributed by atoms with van der Waals surface area (Å²) < 4.78 is 16.1. The van der Waals surface area contributed by atoms with Crippen LogP contribution in [-0.2, 0) is 0 Å². The number of hydrogen-bond donors (Lipinski definition) is 1. The molecule has 0 aliphatic heterocycles. The van der Waals surface area contributed by atoms with Crippen molar-refractivity contribution in [1.29, 1.82) is 0 Å². The molecule has 0 atom stereocenters. The third kappa shape index (κ3) is 5.25. The number of methoxy groups -OCH3 is 3. The number of aliphatic hydroxyl groups is 1. The van der Waals surface area contributed by atoms with Crippen molar-refractivity contribution in [2.45, 2.75) is 0 Å². The highest BCUT2D eigenvalue weighted by molar-refractivity contribution is 6.27. The van der Waals surface area contributed by atoms with Gasteiger partial charge in [0.15, 0.2) is 23.1 Å². The molecule has 4 rings (SSSR count). The van der Waals surface area contributed by atoms with Gasteiger partial charge in [-0.05, 0) is 48.5 Å². The number of para-hydroxylation sites is 3. The van der Waals surface area contributed by atoms with Gasteiger partial charge < -0.3 is 19.3 Å². The van der Waals surface area contributed by atoms with Crippen molar-refractivity contribution in [2.75, 3.05) is 27.9 Å². The van der Waals surface area contributed by atoms with Crippen LogP contribution in [-0.4, -0.2) is 56.2 Å². The van der Waals surface area contributed by atoms with E-state index in [1.54, 1.807) is 54.6 Å². The Labute approximate surface area is 230 Å². The van der Waals surface area contributed by atoms with E-state index in [-0.39, 0.29) is 56.2 Å². The third-order valence-corrected chi connectivity index (χ3v) is 6.38. The van der Waals surface area contributed by atoms with Crippen LogP contribution in [0.15, 0.2) is 84.9 Å². The van der Waals surface area contributed by atoms with Crippen LogP contribution in [0.2, 0.25) is 0 Å². The Morgan fingerprint density at radius 2 is 0.900 bits per heavy atom. The molecule has 4 aromatic rings. The summed E-state index contributed by atoms with van der Waals surface area (Å²) in [5, 5.41) is 9.63. The van der Waals surface area contributed by atoms with E-state index in [1.807, 2.05) is 0 Å². The lowest BCUT2D eigenvalue weighted by Gasteiger charge is -2.18. The molecular weight excluding hydrogens is 512 g/mol. The quantitative estimate of drug-likeness (QED) is 0.276. The van der Waals surface area contributed by atoms with Crippen molar-refractivity contribution in [1.82, 2.24) is 0 Å². The minimum absolute atomic E-state index is 0.106. The van der Waals surface area contributed by atoms with Crippen LogP contribution in [0, 0.1) is 0 Å². The van der Waals surface area contributed by atoms with Crippen LogP contribution in [0.3, 0.4) is 0 Å². The number of hydrogen-bond acceptors (Lipinski definition) is 8. The molecule has 1 N–H and O–H groups in total. The molecule has 4 aromatic carbocycles. The van der Waals surface area contributed by atoms with E-state index in [0.29, 0.717) is 0 Å². The Hall–Kier alpha value is -5.08. The van der Waals surface area contributed by atoms with Crippen LogP contribution in [0.4, 0.5) is 0 Å². The predicted molar refractivity (Wildman–Crippen MR) is 147 cm³/mol. The number of carbonyl (C=O) groups excluding carboxylic acids is 4. The summed E-state index contributed by atoms with van der Waals surface area (Å²) in [6.07, 6.45) is 0. The molecule has 0 aliphatic rings. The highest BCUT2D eigenvalue weighted by Crippen LogP contribution is 2.32. The van der Waals surface area contributed by atoms with Gasteiger partial charge in [-0.15, -0.1) is 0 Å². The molecule has 40 heavy (non-hydrogen) atoms. The number of ketones is 4. The third-order valence-electron chi connectivity index (χ3n) is 6.38. The van der Waals surface area contributed by atoms with Crippen LogP contribution in [0.25, 0.3) is 0 Å². The van der Waals surface area contributed by atoms with Crippen LogP contribution in [0.5, 0.6) is 17.2 Å². The Kier molecular flexibility index (Phi) is 8.51. The van der Waals surface area contributed by atoms with Crippen molar-refractivity contribution in [3.05, 3.63) is 124 Å². The maximum Gasteiger partial charge on any atom is 0.198 e. The van der Waals surface area contributed by atoms with E-state index >= 15 is 0 Å². The lowest BCUT2D eigenvalue weighted by molar-refractivity contribution is 0.0902. The van der Waals surface area contributed by atoms with Gasteiger partial charge in [-0.1, -0.05) is 36.4 Å². The second-order valence-corrected chi connectivity index (χ2v) is 8.62. The van der Waals surface area contributed by atoms with Gasteiger partial charge in [-0.25, -0.2) is 0 Å². The van der Waals surface area contributed by atoms with Gasteiger partial charge in [0.25, 0.3) is 0 Å². The summed E-state index contributed by atoms with van der Waals surface area (Å²) in [5.41, 5.74) is -0.432. The van der Waals surface area contributed by atoms with E-state index in [1.165, 1.54) is 51.7 Å². The fourth-order valence-corrected chi connectivity index (χ4v) is 4.42. The summed E-state index contributed by atoms with van der Waals surface area (Å²) in [6, 6.07) is 21.6. The molecule has 0 fully saturated rings. The molecule has 0 amide bonds. The monoisotopic (exact) mass is 538 g/mol. The first-order valence-corrected chi connectivity index (χ1v) is 12.2. The number of carbonyl (C=O) groups is 4. The van der Waals surface area contributed by atoms with Crippen LogP contribution >= 0.6 is 0 Å². The molecule has 0 spiro atoms. The molecule has 0 aliphatic carbocycles. The summed E-state index contributed by atoms with van der Waals surface area (Å²) in [4.78, 5) is 55.0. The van der Waals surface area contributed by atoms with E-state index in [2.05, 4.69) is 0 Å². The predicted octanol–water partition coefficient (Wildman–Crippen LogP) is 4.58. The Morgan fingerprint density at radius 3 is 1.25 bits per heavy atom. The number of aliphatic hydroxyl groups excluding tert-OH is 1. The average molecular weight is 539 g/mol. The van der Waals surface area contributed by atoms with Crippen molar-refractivity contribution in [3.8, 4) is 17.2 Å². The molecule has 202 valence electrons. The van der Waals surface area contributed by atoms with Gasteiger partial charge in [-0.2, -0.15) is 0 Å². The first-order chi connectivity index (χ1) is 19.4. The zero-order valence-electron chi connectivity index (χ0n) is 22.1. The van der Waals surface area contributed by atoms with E-state index < -0.39 is 29.7 Å². The zero-order valence-corrected chi connectivity index (χ0v) is 22.1. The number of Topliss-reactive ketones (excluding diaryl/α,β-unsaturated/α-hetero) is 1. The highest BCUT2D eigenvalue weighted by atomic mass is 16.5. The number of rotatable bonds is 11. The minimum atomic E-state index is -0.871. The Balaban J connectivity index is 2.11. The largest absolute Gasteiger partial charge is 0.496 e. The molecule has 0 saturated heterocycles.